The van der Waals surface area contributed by atoms with Gasteiger partial charge >= 0.3 is 0 Å². The minimum Gasteiger partial charge on any atom is -0.290 e. The van der Waals surface area contributed by atoms with E-state index in [1.54, 1.807) is 0 Å². The van der Waals surface area contributed by atoms with Gasteiger partial charge in [0, 0.05) is 11.1 Å². The molecule has 2 heteroatoms. The van der Waals surface area contributed by atoms with E-state index >= 15 is 0 Å². The molecule has 2 aromatic rings. The zero-order valence-electron chi connectivity index (χ0n) is 17.5. The monoisotopic (exact) mass is 364 g/mol. The summed E-state index contributed by atoms with van der Waals surface area (Å²) in [6, 6.07) is 22.3. The van der Waals surface area contributed by atoms with Crippen LogP contribution in [0.15, 0.2) is 54.6 Å². The van der Waals surface area contributed by atoms with Gasteiger partial charge in [0.25, 0.3) is 0 Å². The Balaban J connectivity index is 1.90. The van der Waals surface area contributed by atoms with Crippen molar-refractivity contribution in [3.63, 3.8) is 0 Å². The van der Waals surface area contributed by atoms with Gasteiger partial charge < -0.3 is 0 Å². The van der Waals surface area contributed by atoms with Gasteiger partial charge in [-0.1, -0.05) is 68.4 Å². The van der Waals surface area contributed by atoms with Crippen LogP contribution < -0.4 is 0 Å². The fraction of sp³-hybridized carbons (Fsp3) is 0.520. The summed E-state index contributed by atoms with van der Waals surface area (Å²) < 4.78 is 0. The van der Waals surface area contributed by atoms with E-state index in [1.165, 1.54) is 11.1 Å². The molecule has 0 aliphatic carbocycles. The van der Waals surface area contributed by atoms with Crippen LogP contribution in [0.4, 0.5) is 0 Å². The second kappa shape index (κ2) is 8.16. The molecule has 145 valence electrons. The lowest BCUT2D eigenvalue weighted by molar-refractivity contribution is -0.315. The summed E-state index contributed by atoms with van der Waals surface area (Å²) in [5.41, 5.74) is 2.65. The molecule has 1 aliphatic rings. The van der Waals surface area contributed by atoms with Crippen molar-refractivity contribution in [3.8, 4) is 0 Å². The summed E-state index contributed by atoms with van der Waals surface area (Å²) in [7, 11) is 0. The molecule has 3 rings (SSSR count). The molecule has 1 fully saturated rings. The number of hydrogen-bond donors (Lipinski definition) is 0. The Bertz CT molecular complexity index is 706. The summed E-state index contributed by atoms with van der Waals surface area (Å²) in [5.74, 6) is 0.546. The zero-order valence-corrected chi connectivity index (χ0v) is 17.5. The SMILES string of the molecule is CCC1(CC)CC(c2c[c]ccc2)CC(C)(C)N1OC(C)c1ccccc1. The molecule has 0 saturated carbocycles. The zero-order chi connectivity index (χ0) is 19.5. The van der Waals surface area contributed by atoms with Crippen molar-refractivity contribution < 1.29 is 4.84 Å². The maximum atomic E-state index is 6.70. The fourth-order valence-electron chi connectivity index (χ4n) is 4.86. The lowest BCUT2D eigenvalue weighted by atomic mass is 9.69. The third-order valence-corrected chi connectivity index (χ3v) is 6.40. The summed E-state index contributed by atoms with van der Waals surface area (Å²) >= 11 is 0. The van der Waals surface area contributed by atoms with Gasteiger partial charge in [-0.15, -0.1) is 0 Å². The lowest BCUT2D eigenvalue weighted by Gasteiger charge is -2.57. The molecule has 2 aromatic carbocycles. The molecule has 1 radical (unpaired) electrons. The highest BCUT2D eigenvalue weighted by atomic mass is 16.7. The second-order valence-electron chi connectivity index (χ2n) is 8.64. The van der Waals surface area contributed by atoms with Gasteiger partial charge in [0.2, 0.25) is 0 Å². The van der Waals surface area contributed by atoms with Crippen molar-refractivity contribution in [3.05, 3.63) is 71.8 Å². The number of hydroxylamine groups is 2. The van der Waals surface area contributed by atoms with Crippen LogP contribution >= 0.6 is 0 Å². The van der Waals surface area contributed by atoms with Crippen LogP contribution in [0.2, 0.25) is 0 Å². The summed E-state index contributed by atoms with van der Waals surface area (Å²) in [6.07, 6.45) is 4.43. The van der Waals surface area contributed by atoms with Crippen molar-refractivity contribution in [1.82, 2.24) is 5.06 Å². The Morgan fingerprint density at radius 2 is 1.78 bits per heavy atom. The van der Waals surface area contributed by atoms with Crippen LogP contribution in [0.1, 0.15) is 83.5 Å². The quantitative estimate of drug-likeness (QED) is 0.565. The first-order valence-electron chi connectivity index (χ1n) is 10.4. The van der Waals surface area contributed by atoms with E-state index in [9.17, 15) is 0 Å². The first-order chi connectivity index (χ1) is 12.9. The number of benzene rings is 2. The number of hydrogen-bond acceptors (Lipinski definition) is 2. The third kappa shape index (κ3) is 4.12. The van der Waals surface area contributed by atoms with Gasteiger partial charge in [0.1, 0.15) is 6.10 Å². The fourth-order valence-corrected chi connectivity index (χ4v) is 4.86. The highest BCUT2D eigenvalue weighted by molar-refractivity contribution is 5.23. The first-order valence-corrected chi connectivity index (χ1v) is 10.4. The molecule has 0 spiro atoms. The van der Waals surface area contributed by atoms with Crippen molar-refractivity contribution in [2.75, 3.05) is 0 Å². The van der Waals surface area contributed by atoms with Gasteiger partial charge in [-0.25, -0.2) is 0 Å². The first kappa shape index (κ1) is 20.1. The molecular formula is C25H34NO. The van der Waals surface area contributed by atoms with Crippen LogP contribution in [-0.2, 0) is 4.84 Å². The maximum absolute atomic E-state index is 6.70. The van der Waals surface area contributed by atoms with Crippen molar-refractivity contribution in [2.45, 2.75) is 83.4 Å². The van der Waals surface area contributed by atoms with Crippen LogP contribution in [-0.4, -0.2) is 16.1 Å². The Morgan fingerprint density at radius 3 is 2.37 bits per heavy atom. The van der Waals surface area contributed by atoms with Gasteiger partial charge in [-0.05, 0) is 69.6 Å². The summed E-state index contributed by atoms with van der Waals surface area (Å²) in [6.45, 7) is 11.5. The van der Waals surface area contributed by atoms with Gasteiger partial charge in [-0.2, -0.15) is 5.06 Å². The maximum Gasteiger partial charge on any atom is 0.102 e. The van der Waals surface area contributed by atoms with E-state index in [4.69, 9.17) is 4.84 Å². The van der Waals surface area contributed by atoms with Crippen LogP contribution in [0.5, 0.6) is 0 Å². The molecule has 0 N–H and O–H groups in total. The predicted octanol–water partition coefficient (Wildman–Crippen LogP) is 6.70. The third-order valence-electron chi connectivity index (χ3n) is 6.40. The van der Waals surface area contributed by atoms with E-state index in [0.717, 1.165) is 25.7 Å². The summed E-state index contributed by atoms with van der Waals surface area (Å²) in [5, 5.41) is 2.36. The molecule has 0 aromatic heterocycles. The Labute approximate surface area is 165 Å². The Kier molecular flexibility index (Phi) is 6.08. The van der Waals surface area contributed by atoms with Crippen molar-refractivity contribution >= 4 is 0 Å². The summed E-state index contributed by atoms with van der Waals surface area (Å²) in [4.78, 5) is 6.70. The molecule has 1 aliphatic heterocycles. The van der Waals surface area contributed by atoms with E-state index < -0.39 is 0 Å². The minimum absolute atomic E-state index is 0.0339. The van der Waals surface area contributed by atoms with E-state index in [0.29, 0.717) is 5.92 Å². The van der Waals surface area contributed by atoms with E-state index in [1.807, 2.05) is 6.07 Å². The van der Waals surface area contributed by atoms with Gasteiger partial charge in [-0.3, -0.25) is 4.84 Å². The molecule has 1 saturated heterocycles. The van der Waals surface area contributed by atoms with Crippen LogP contribution in [0.25, 0.3) is 0 Å². The number of piperidine rings is 1. The smallest absolute Gasteiger partial charge is 0.102 e. The average molecular weight is 365 g/mol. The topological polar surface area (TPSA) is 12.5 Å². The van der Waals surface area contributed by atoms with Crippen molar-refractivity contribution in [2.24, 2.45) is 0 Å². The molecule has 2 atom stereocenters. The molecular weight excluding hydrogens is 330 g/mol. The van der Waals surface area contributed by atoms with Gasteiger partial charge in [0.05, 0.1) is 0 Å². The van der Waals surface area contributed by atoms with Gasteiger partial charge in [0.15, 0.2) is 0 Å². The predicted molar refractivity (Wildman–Crippen MR) is 112 cm³/mol. The number of nitrogens with zero attached hydrogens (tertiary/aromatic N) is 1. The highest BCUT2D eigenvalue weighted by Gasteiger charge is 2.50. The Hall–Kier alpha value is -1.64. The minimum atomic E-state index is -0.0339. The van der Waals surface area contributed by atoms with E-state index in [2.05, 4.69) is 94.3 Å². The van der Waals surface area contributed by atoms with Crippen LogP contribution in [0.3, 0.4) is 0 Å². The lowest BCUT2D eigenvalue weighted by Crippen LogP contribution is -2.62. The average Bonchev–Trinajstić information content (AvgIpc) is 2.70. The molecule has 2 nitrogen and oxygen atoms in total. The number of rotatable bonds is 6. The van der Waals surface area contributed by atoms with E-state index in [-0.39, 0.29) is 17.2 Å². The normalized spacial score (nSPS) is 23.1. The largest absolute Gasteiger partial charge is 0.290 e. The molecule has 0 amide bonds. The second-order valence-corrected chi connectivity index (χ2v) is 8.64. The van der Waals surface area contributed by atoms with Crippen LogP contribution in [0, 0.1) is 6.07 Å². The molecule has 1 heterocycles. The van der Waals surface area contributed by atoms with Crippen molar-refractivity contribution in [1.29, 1.82) is 0 Å². The molecule has 27 heavy (non-hydrogen) atoms. The Morgan fingerprint density at radius 1 is 1.07 bits per heavy atom. The standard InChI is InChI=1S/C25H34NO/c1-6-25(7-2)19-23(22-16-12-9-13-17-22)18-24(4,5)26(25)27-20(3)21-14-10-8-11-15-21/h8-12,14-17,20,23H,6-7,18-19H2,1-5H3. The highest BCUT2D eigenvalue weighted by Crippen LogP contribution is 2.49. The molecule has 2 unspecified atom stereocenters. The molecule has 0 bridgehead atoms.